The van der Waals surface area contributed by atoms with Gasteiger partial charge in [0.1, 0.15) is 0 Å². The molecule has 3 N–H and O–H groups in total. The predicted molar refractivity (Wildman–Crippen MR) is 180 cm³/mol. The fourth-order valence-corrected chi connectivity index (χ4v) is 5.76. The van der Waals surface area contributed by atoms with Gasteiger partial charge in [-0.15, -0.1) is 12.4 Å². The van der Waals surface area contributed by atoms with Crippen LogP contribution in [-0.4, -0.2) is 37.3 Å². The molecule has 0 atom stereocenters. The largest absolute Gasteiger partial charge is 0.282 e. The van der Waals surface area contributed by atoms with E-state index < -0.39 is 0 Å². The molecule has 3 aromatic heterocycles. The van der Waals surface area contributed by atoms with E-state index in [0.717, 1.165) is 17.1 Å². The summed E-state index contributed by atoms with van der Waals surface area (Å²) in [6, 6.07) is 0. The summed E-state index contributed by atoms with van der Waals surface area (Å²) in [5, 5.41) is 25.9. The average Bonchev–Trinajstić information content (AvgIpc) is 3.42. The van der Waals surface area contributed by atoms with Crippen molar-refractivity contribution >= 4 is 35.5 Å². The van der Waals surface area contributed by atoms with Crippen molar-refractivity contribution in [1.82, 2.24) is 30.6 Å². The van der Waals surface area contributed by atoms with Crippen LogP contribution in [0.1, 0.15) is 159 Å². The molecule has 0 unspecified atom stereocenters. The summed E-state index contributed by atoms with van der Waals surface area (Å²) >= 11 is 0. The zero-order valence-corrected chi connectivity index (χ0v) is 31.6. The van der Waals surface area contributed by atoms with Crippen LogP contribution in [0.3, 0.4) is 0 Å². The van der Waals surface area contributed by atoms with Crippen LogP contribution in [0.5, 0.6) is 0 Å². The van der Waals surface area contributed by atoms with Gasteiger partial charge in [0.25, 0.3) is 6.71 Å². The Morgan fingerprint density at radius 2 is 0.571 bits per heavy atom. The fraction of sp³-hybridized carbons (Fsp3) is 0.727. The molecule has 0 amide bonds. The maximum atomic E-state index is 5.08. The summed E-state index contributed by atoms with van der Waals surface area (Å²) in [4.78, 5) is 0. The molecule has 0 aliphatic rings. The molecule has 3 heterocycles. The second-order valence-corrected chi connectivity index (χ2v) is 18.0. The van der Waals surface area contributed by atoms with E-state index in [1.165, 1.54) is 33.5 Å². The van der Waals surface area contributed by atoms with Gasteiger partial charge in [0.05, 0.1) is 17.1 Å². The van der Waals surface area contributed by atoms with Crippen molar-refractivity contribution in [3.8, 4) is 0 Å². The molecule has 9 heteroatoms. The Morgan fingerprint density at radius 1 is 0.381 bits per heavy atom. The van der Waals surface area contributed by atoms with E-state index in [1.807, 2.05) is 0 Å². The molecule has 0 aliphatic heterocycles. The normalized spacial score (nSPS) is 13.6. The van der Waals surface area contributed by atoms with Gasteiger partial charge in [-0.05, 0) is 16.4 Å². The Balaban J connectivity index is 0.00000441. The van der Waals surface area contributed by atoms with Crippen LogP contribution in [0.4, 0.5) is 0 Å². The SMILES string of the molecule is CC(C)(C)c1n[nH]c(C(C)(C)C)c1B(c1c(C(C)(C)C)n[nH]c1C(C)(C)C)c1c(C(C)(C)C)n[nH]c1C(C)(C)C.Cl.[Fe]. The summed E-state index contributed by atoms with van der Waals surface area (Å²) in [5.41, 5.74) is 9.63. The number of rotatable bonds is 3. The molecule has 3 rings (SSSR count). The summed E-state index contributed by atoms with van der Waals surface area (Å²) in [6.07, 6.45) is 0. The molecule has 0 radical (unpaired) electrons. The minimum absolute atomic E-state index is 0. The molecular formula is C33H58BClFeN6. The number of nitrogens with zero attached hydrogens (tertiary/aromatic N) is 3. The predicted octanol–water partition coefficient (Wildman–Crippen LogP) is 6.58. The van der Waals surface area contributed by atoms with Crippen LogP contribution >= 0.6 is 12.4 Å². The van der Waals surface area contributed by atoms with Gasteiger partial charge in [-0.1, -0.05) is 125 Å². The maximum Gasteiger partial charge on any atom is 0.255 e. The Bertz CT molecular complexity index is 1090. The second-order valence-electron chi connectivity index (χ2n) is 18.0. The van der Waals surface area contributed by atoms with E-state index in [0.29, 0.717) is 0 Å². The molecule has 42 heavy (non-hydrogen) atoms. The Hall–Kier alpha value is -1.50. The summed E-state index contributed by atoms with van der Waals surface area (Å²) in [5.74, 6) is 0. The van der Waals surface area contributed by atoms with Gasteiger partial charge in [-0.25, -0.2) is 0 Å². The first-order chi connectivity index (χ1) is 17.7. The standard InChI is InChI=1S/C33H57BN6.ClH.Fe/c1-28(2,3)22-19(23(36-35-22)29(4,5)6)34(20-24(30(7,8)9)37-38-25(20)31(10,11)12)21-26(32(13,14)15)39-40-27(21)33(16,17)18;;/h1-18H3,(H,35,36)(H,37,38)(H,39,40);1H;. The third-order valence-electron chi connectivity index (χ3n) is 7.66. The summed E-state index contributed by atoms with van der Waals surface area (Å²) in [6.45, 7) is 40.8. The van der Waals surface area contributed by atoms with Crippen LogP contribution in [0.2, 0.25) is 0 Å². The fourth-order valence-electron chi connectivity index (χ4n) is 5.76. The molecule has 0 aromatic carbocycles. The molecule has 0 fully saturated rings. The first-order valence-electron chi connectivity index (χ1n) is 15.0. The molecule has 3 aromatic rings. The third-order valence-corrected chi connectivity index (χ3v) is 7.66. The monoisotopic (exact) mass is 640 g/mol. The smallest absolute Gasteiger partial charge is 0.255 e. The third kappa shape index (κ3) is 7.41. The Kier molecular flexibility index (Phi) is 10.8. The molecule has 238 valence electrons. The van der Waals surface area contributed by atoms with Gasteiger partial charge < -0.3 is 0 Å². The van der Waals surface area contributed by atoms with Gasteiger partial charge >= 0.3 is 0 Å². The number of nitrogens with one attached hydrogen (secondary N) is 3. The van der Waals surface area contributed by atoms with Crippen molar-refractivity contribution in [2.24, 2.45) is 0 Å². The quantitative estimate of drug-likeness (QED) is 0.283. The molecule has 0 aliphatic carbocycles. The van der Waals surface area contributed by atoms with Gasteiger partial charge in [0.15, 0.2) is 0 Å². The van der Waals surface area contributed by atoms with E-state index in [9.17, 15) is 0 Å². The van der Waals surface area contributed by atoms with E-state index in [4.69, 9.17) is 15.3 Å². The number of aromatic nitrogens is 6. The van der Waals surface area contributed by atoms with E-state index in [-0.39, 0.29) is 68.7 Å². The van der Waals surface area contributed by atoms with Crippen molar-refractivity contribution in [2.45, 2.75) is 157 Å². The Labute approximate surface area is 273 Å². The zero-order valence-electron chi connectivity index (χ0n) is 29.7. The number of hydrogen-bond acceptors (Lipinski definition) is 3. The number of halogens is 1. The molecule has 0 spiro atoms. The van der Waals surface area contributed by atoms with Gasteiger partial charge in [0, 0.05) is 66.6 Å². The van der Waals surface area contributed by atoms with Gasteiger partial charge in [0.2, 0.25) is 0 Å². The van der Waals surface area contributed by atoms with Crippen LogP contribution < -0.4 is 16.4 Å². The number of H-pyrrole nitrogens is 3. The van der Waals surface area contributed by atoms with Crippen LogP contribution in [-0.2, 0) is 49.6 Å². The molecule has 0 bridgehead atoms. The van der Waals surface area contributed by atoms with Crippen molar-refractivity contribution in [2.75, 3.05) is 0 Å². The topological polar surface area (TPSA) is 86.0 Å². The van der Waals surface area contributed by atoms with Crippen molar-refractivity contribution in [3.05, 3.63) is 34.2 Å². The Morgan fingerprint density at radius 3 is 0.714 bits per heavy atom. The van der Waals surface area contributed by atoms with Gasteiger partial charge in [-0.3, -0.25) is 15.3 Å². The summed E-state index contributed by atoms with van der Waals surface area (Å²) < 4.78 is 0. The number of hydrogen-bond donors (Lipinski definition) is 3. The van der Waals surface area contributed by atoms with Crippen LogP contribution in [0.25, 0.3) is 0 Å². The van der Waals surface area contributed by atoms with E-state index in [2.05, 4.69) is 140 Å². The van der Waals surface area contributed by atoms with Crippen molar-refractivity contribution in [3.63, 3.8) is 0 Å². The molecular weight excluding hydrogens is 583 g/mol. The molecule has 6 nitrogen and oxygen atoms in total. The summed E-state index contributed by atoms with van der Waals surface area (Å²) in [7, 11) is 0. The van der Waals surface area contributed by atoms with E-state index in [1.54, 1.807) is 0 Å². The van der Waals surface area contributed by atoms with Gasteiger partial charge in [-0.2, -0.15) is 15.3 Å². The maximum absolute atomic E-state index is 5.08. The second kappa shape index (κ2) is 11.8. The zero-order chi connectivity index (χ0) is 31.0. The minimum Gasteiger partial charge on any atom is -0.282 e. The molecule has 0 saturated carbocycles. The van der Waals surface area contributed by atoms with Crippen molar-refractivity contribution in [1.29, 1.82) is 0 Å². The first-order valence-corrected chi connectivity index (χ1v) is 15.0. The minimum atomic E-state index is -0.172. The molecule has 0 saturated heterocycles. The van der Waals surface area contributed by atoms with Crippen molar-refractivity contribution < 1.29 is 17.1 Å². The van der Waals surface area contributed by atoms with Crippen LogP contribution in [0.15, 0.2) is 0 Å². The first kappa shape index (κ1) is 38.5. The average molecular weight is 641 g/mol. The van der Waals surface area contributed by atoms with E-state index >= 15 is 0 Å². The van der Waals surface area contributed by atoms with Crippen LogP contribution in [0, 0.1) is 0 Å². The number of aromatic amines is 3.